The van der Waals surface area contributed by atoms with Gasteiger partial charge in [0.05, 0.1) is 10.9 Å². The number of sulfonamides is 1. The highest BCUT2D eigenvalue weighted by molar-refractivity contribution is 7.93. The summed E-state index contributed by atoms with van der Waals surface area (Å²) >= 11 is 0. The number of hydrogen-bond acceptors (Lipinski definition) is 2. The van der Waals surface area contributed by atoms with E-state index in [9.17, 15) is 8.42 Å². The molecule has 20 heavy (non-hydrogen) atoms. The Bertz CT molecular complexity index is 664. The third kappa shape index (κ3) is 3.61. The van der Waals surface area contributed by atoms with Gasteiger partial charge in [-0.05, 0) is 37.5 Å². The van der Waals surface area contributed by atoms with Crippen LogP contribution in [0.15, 0.2) is 54.6 Å². The minimum absolute atomic E-state index is 0.452. The van der Waals surface area contributed by atoms with Crippen molar-refractivity contribution in [3.63, 3.8) is 0 Å². The molecule has 0 aliphatic rings. The highest BCUT2D eigenvalue weighted by Gasteiger charge is 2.17. The van der Waals surface area contributed by atoms with Gasteiger partial charge >= 0.3 is 0 Å². The zero-order valence-electron chi connectivity index (χ0n) is 11.7. The molecule has 0 unspecified atom stereocenters. The fourth-order valence-corrected chi connectivity index (χ4v) is 2.60. The molecule has 106 valence electrons. The first kappa shape index (κ1) is 14.6. The van der Waals surface area contributed by atoms with Crippen LogP contribution in [-0.2, 0) is 16.4 Å². The second kappa shape index (κ2) is 6.09. The summed E-state index contributed by atoms with van der Waals surface area (Å²) in [6, 6.07) is 17.5. The van der Waals surface area contributed by atoms with Gasteiger partial charge < -0.3 is 0 Å². The molecular formula is C16H19NO2S. The van der Waals surface area contributed by atoms with Crippen LogP contribution in [0.5, 0.6) is 0 Å². The van der Waals surface area contributed by atoms with Crippen molar-refractivity contribution in [2.45, 2.75) is 25.5 Å². The van der Waals surface area contributed by atoms with E-state index in [1.165, 1.54) is 0 Å². The Morgan fingerprint density at radius 2 is 1.55 bits per heavy atom. The summed E-state index contributed by atoms with van der Waals surface area (Å²) in [5, 5.41) is -0.452. The van der Waals surface area contributed by atoms with Crippen LogP contribution in [0.1, 0.15) is 25.0 Å². The Morgan fingerprint density at radius 1 is 0.950 bits per heavy atom. The lowest BCUT2D eigenvalue weighted by Gasteiger charge is -2.14. The maximum Gasteiger partial charge on any atom is 0.235 e. The Balaban J connectivity index is 2.27. The fraction of sp³-hybridized carbons (Fsp3) is 0.250. The Morgan fingerprint density at radius 3 is 2.20 bits per heavy atom. The summed E-state index contributed by atoms with van der Waals surface area (Å²) < 4.78 is 26.7. The summed E-state index contributed by atoms with van der Waals surface area (Å²) in [6.45, 7) is 3.34. The molecule has 0 saturated heterocycles. The predicted molar refractivity (Wildman–Crippen MR) is 83.4 cm³/mol. The molecule has 2 aromatic rings. The highest BCUT2D eigenvalue weighted by atomic mass is 32.2. The quantitative estimate of drug-likeness (QED) is 0.916. The first-order valence-electron chi connectivity index (χ1n) is 6.62. The van der Waals surface area contributed by atoms with Gasteiger partial charge in [-0.15, -0.1) is 0 Å². The van der Waals surface area contributed by atoms with E-state index in [2.05, 4.69) is 4.72 Å². The Hall–Kier alpha value is -1.81. The van der Waals surface area contributed by atoms with Crippen molar-refractivity contribution in [3.8, 4) is 0 Å². The van der Waals surface area contributed by atoms with Crippen molar-refractivity contribution < 1.29 is 8.42 Å². The molecule has 0 aromatic heterocycles. The number of hydrogen-bond donors (Lipinski definition) is 1. The third-order valence-electron chi connectivity index (χ3n) is 3.13. The van der Waals surface area contributed by atoms with Crippen LogP contribution in [0, 0.1) is 0 Å². The molecule has 2 aromatic carbocycles. The maximum absolute atomic E-state index is 12.0. The van der Waals surface area contributed by atoms with Crippen LogP contribution in [0.2, 0.25) is 0 Å². The number of anilines is 1. The molecule has 0 spiro atoms. The molecule has 0 atom stereocenters. The van der Waals surface area contributed by atoms with Gasteiger partial charge in [-0.1, -0.05) is 48.5 Å². The summed E-state index contributed by atoms with van der Waals surface area (Å²) in [5.41, 5.74) is 2.79. The number of benzene rings is 2. The maximum atomic E-state index is 12.0. The molecule has 0 radical (unpaired) electrons. The van der Waals surface area contributed by atoms with Gasteiger partial charge in [0, 0.05) is 0 Å². The number of para-hydroxylation sites is 1. The Kier molecular flexibility index (Phi) is 4.45. The molecule has 2 rings (SSSR count). The van der Waals surface area contributed by atoms with E-state index in [-0.39, 0.29) is 0 Å². The van der Waals surface area contributed by atoms with Gasteiger partial charge in [0.1, 0.15) is 0 Å². The smallest absolute Gasteiger partial charge is 0.235 e. The van der Waals surface area contributed by atoms with E-state index in [1.807, 2.05) is 48.5 Å². The zero-order valence-corrected chi connectivity index (χ0v) is 12.5. The van der Waals surface area contributed by atoms with E-state index in [4.69, 9.17) is 0 Å². The molecule has 0 bridgehead atoms. The second-order valence-corrected chi connectivity index (χ2v) is 7.25. The van der Waals surface area contributed by atoms with Crippen LogP contribution < -0.4 is 4.72 Å². The van der Waals surface area contributed by atoms with E-state index in [0.717, 1.165) is 11.1 Å². The molecule has 0 saturated carbocycles. The van der Waals surface area contributed by atoms with E-state index < -0.39 is 15.3 Å². The van der Waals surface area contributed by atoms with E-state index in [1.54, 1.807) is 19.9 Å². The average molecular weight is 289 g/mol. The van der Waals surface area contributed by atoms with Gasteiger partial charge in [-0.3, -0.25) is 4.72 Å². The highest BCUT2D eigenvalue weighted by Crippen LogP contribution is 2.21. The average Bonchev–Trinajstić information content (AvgIpc) is 2.42. The van der Waals surface area contributed by atoms with Crippen LogP contribution in [0.25, 0.3) is 0 Å². The third-order valence-corrected chi connectivity index (χ3v) is 4.87. The van der Waals surface area contributed by atoms with Gasteiger partial charge in [0.2, 0.25) is 10.0 Å². The zero-order chi connectivity index (χ0) is 14.6. The minimum atomic E-state index is -3.32. The molecule has 0 amide bonds. The van der Waals surface area contributed by atoms with Gasteiger partial charge in [-0.2, -0.15) is 0 Å². The Labute approximate surface area is 120 Å². The van der Waals surface area contributed by atoms with Crippen molar-refractivity contribution in [1.82, 2.24) is 0 Å². The fourth-order valence-electron chi connectivity index (χ4n) is 1.86. The molecule has 4 heteroatoms. The second-order valence-electron chi connectivity index (χ2n) is 5.02. The van der Waals surface area contributed by atoms with Crippen LogP contribution >= 0.6 is 0 Å². The normalized spacial score (nSPS) is 11.6. The van der Waals surface area contributed by atoms with Crippen molar-refractivity contribution >= 4 is 15.7 Å². The van der Waals surface area contributed by atoms with Crippen LogP contribution in [0.3, 0.4) is 0 Å². The molecule has 0 aliphatic heterocycles. The lowest BCUT2D eigenvalue weighted by Crippen LogP contribution is -2.23. The summed E-state index contributed by atoms with van der Waals surface area (Å²) in [6.07, 6.45) is 0.706. The molecular weight excluding hydrogens is 270 g/mol. The first-order valence-corrected chi connectivity index (χ1v) is 8.17. The SMILES string of the molecule is CC(C)S(=O)(=O)Nc1ccccc1Cc1ccccc1. The number of nitrogens with one attached hydrogen (secondary N) is 1. The lowest BCUT2D eigenvalue weighted by molar-refractivity contribution is 0.592. The van der Waals surface area contributed by atoms with Crippen molar-refractivity contribution in [2.24, 2.45) is 0 Å². The summed E-state index contributed by atoms with van der Waals surface area (Å²) in [5.74, 6) is 0. The molecule has 0 heterocycles. The standard InChI is InChI=1S/C16H19NO2S/c1-13(2)20(18,19)17-16-11-7-6-10-15(16)12-14-8-4-3-5-9-14/h3-11,13,17H,12H2,1-2H3. The van der Waals surface area contributed by atoms with Crippen LogP contribution in [-0.4, -0.2) is 13.7 Å². The lowest BCUT2D eigenvalue weighted by atomic mass is 10.0. The molecule has 0 aliphatic carbocycles. The van der Waals surface area contributed by atoms with Crippen molar-refractivity contribution in [1.29, 1.82) is 0 Å². The monoisotopic (exact) mass is 289 g/mol. The summed E-state index contributed by atoms with van der Waals surface area (Å²) in [4.78, 5) is 0. The van der Waals surface area contributed by atoms with Crippen molar-refractivity contribution in [2.75, 3.05) is 4.72 Å². The van der Waals surface area contributed by atoms with Gasteiger partial charge in [-0.25, -0.2) is 8.42 Å². The van der Waals surface area contributed by atoms with E-state index >= 15 is 0 Å². The van der Waals surface area contributed by atoms with Gasteiger partial charge in [0.15, 0.2) is 0 Å². The first-order chi connectivity index (χ1) is 9.49. The molecule has 1 N–H and O–H groups in total. The summed E-state index contributed by atoms with van der Waals surface area (Å²) in [7, 11) is -3.32. The predicted octanol–water partition coefficient (Wildman–Crippen LogP) is 3.43. The number of rotatable bonds is 5. The largest absolute Gasteiger partial charge is 0.283 e. The molecule has 0 fully saturated rings. The molecule has 3 nitrogen and oxygen atoms in total. The van der Waals surface area contributed by atoms with Crippen LogP contribution in [0.4, 0.5) is 5.69 Å². The minimum Gasteiger partial charge on any atom is -0.283 e. The van der Waals surface area contributed by atoms with E-state index in [0.29, 0.717) is 12.1 Å². The van der Waals surface area contributed by atoms with Crippen molar-refractivity contribution in [3.05, 3.63) is 65.7 Å². The van der Waals surface area contributed by atoms with Gasteiger partial charge in [0.25, 0.3) is 0 Å². The topological polar surface area (TPSA) is 46.2 Å².